The highest BCUT2D eigenvalue weighted by Crippen LogP contribution is 2.39. The van der Waals surface area contributed by atoms with Crippen LogP contribution < -0.4 is 0 Å². The van der Waals surface area contributed by atoms with Crippen molar-refractivity contribution in [3.05, 3.63) is 77.4 Å². The maximum Gasteiger partial charge on any atom is 0.303 e. The Kier molecular flexibility index (Phi) is 6.44. The van der Waals surface area contributed by atoms with E-state index in [1.165, 1.54) is 4.90 Å². The van der Waals surface area contributed by atoms with Crippen molar-refractivity contribution in [3.63, 3.8) is 0 Å². The maximum atomic E-state index is 12.8. The van der Waals surface area contributed by atoms with E-state index in [1.807, 2.05) is 30.3 Å². The van der Waals surface area contributed by atoms with Crippen molar-refractivity contribution in [1.82, 2.24) is 4.90 Å². The van der Waals surface area contributed by atoms with E-state index in [-0.39, 0.29) is 17.8 Å². The van der Waals surface area contributed by atoms with Crippen LogP contribution in [-0.4, -0.2) is 39.3 Å². The van der Waals surface area contributed by atoms with Gasteiger partial charge in [-0.2, -0.15) is 0 Å². The van der Waals surface area contributed by atoms with Crippen molar-refractivity contribution in [1.29, 1.82) is 0 Å². The number of likely N-dealkylation sites (tertiary alicyclic amines) is 1. The lowest BCUT2D eigenvalue weighted by atomic mass is 9.95. The lowest BCUT2D eigenvalue weighted by molar-refractivity contribution is -0.140. The number of carboxylic acid groups (broad SMARTS) is 1. The number of hydrogen-bond acceptors (Lipinski definition) is 4. The Morgan fingerprint density at radius 3 is 2.10 bits per heavy atom. The molecule has 1 amide bonds. The lowest BCUT2D eigenvalue weighted by Gasteiger charge is -2.25. The van der Waals surface area contributed by atoms with E-state index in [4.69, 9.17) is 5.11 Å². The molecule has 1 saturated heterocycles. The van der Waals surface area contributed by atoms with Crippen LogP contribution in [0.15, 0.2) is 66.2 Å². The molecule has 150 valence electrons. The fourth-order valence-corrected chi connectivity index (χ4v) is 3.58. The van der Waals surface area contributed by atoms with Gasteiger partial charge in [0.15, 0.2) is 0 Å². The smallest absolute Gasteiger partial charge is 0.303 e. The summed E-state index contributed by atoms with van der Waals surface area (Å²) < 4.78 is 0. The zero-order valence-corrected chi connectivity index (χ0v) is 16.0. The highest BCUT2D eigenvalue weighted by Gasteiger charge is 2.45. The van der Waals surface area contributed by atoms with Gasteiger partial charge in [-0.1, -0.05) is 67.1 Å². The number of benzene rings is 2. The highest BCUT2D eigenvalue weighted by molar-refractivity contribution is 6.46. The molecule has 0 bridgehead atoms. The maximum absolute atomic E-state index is 12.8. The minimum absolute atomic E-state index is 0.0783. The van der Waals surface area contributed by atoms with Crippen LogP contribution in [0.5, 0.6) is 0 Å². The molecule has 0 radical (unpaired) electrons. The van der Waals surface area contributed by atoms with E-state index in [9.17, 15) is 19.5 Å². The Balaban J connectivity index is 1.93. The number of rotatable bonds is 8. The van der Waals surface area contributed by atoms with E-state index in [1.54, 1.807) is 30.3 Å². The summed E-state index contributed by atoms with van der Waals surface area (Å²) in [6, 6.07) is 17.2. The number of ketones is 1. The van der Waals surface area contributed by atoms with Gasteiger partial charge in [-0.15, -0.1) is 0 Å². The second-order valence-electron chi connectivity index (χ2n) is 6.97. The first-order valence-corrected chi connectivity index (χ1v) is 9.61. The van der Waals surface area contributed by atoms with E-state index < -0.39 is 23.7 Å². The van der Waals surface area contributed by atoms with Gasteiger partial charge in [0, 0.05) is 18.5 Å². The third-order valence-electron chi connectivity index (χ3n) is 4.99. The number of aliphatic hydroxyl groups excluding tert-OH is 1. The minimum Gasteiger partial charge on any atom is -0.507 e. The van der Waals surface area contributed by atoms with Crippen molar-refractivity contribution in [2.45, 2.75) is 31.7 Å². The van der Waals surface area contributed by atoms with Gasteiger partial charge < -0.3 is 15.1 Å². The van der Waals surface area contributed by atoms with Crippen molar-refractivity contribution in [3.8, 4) is 0 Å². The molecule has 0 saturated carbocycles. The molecular weight excluding hydrogens is 370 g/mol. The summed E-state index contributed by atoms with van der Waals surface area (Å²) in [5.41, 5.74) is 1.31. The number of nitrogens with zero attached hydrogens (tertiary/aromatic N) is 1. The molecule has 0 aliphatic carbocycles. The normalized spacial score (nSPS) is 18.2. The second-order valence-corrected chi connectivity index (χ2v) is 6.97. The topological polar surface area (TPSA) is 94.9 Å². The fraction of sp³-hybridized carbons (Fsp3) is 0.261. The van der Waals surface area contributed by atoms with Crippen LogP contribution in [-0.2, 0) is 14.4 Å². The summed E-state index contributed by atoms with van der Waals surface area (Å²) in [5.74, 6) is -2.39. The molecule has 0 aromatic heterocycles. The molecule has 0 unspecified atom stereocenters. The molecule has 1 atom stereocenters. The third-order valence-corrected chi connectivity index (χ3v) is 4.99. The standard InChI is InChI=1S/C23H23NO5/c25-18(26)14-8-3-9-15-24-20(16-10-4-1-5-11-16)19(22(28)23(24)29)21(27)17-12-6-2-7-13-17/h1-2,4-7,10-13,20,27H,3,8-9,14-15H2,(H,25,26)/t20-/m1/s1. The predicted molar refractivity (Wildman–Crippen MR) is 108 cm³/mol. The fourth-order valence-electron chi connectivity index (χ4n) is 3.58. The van der Waals surface area contributed by atoms with Crippen molar-refractivity contribution < 1.29 is 24.6 Å². The van der Waals surface area contributed by atoms with Crippen LogP contribution in [0.25, 0.3) is 5.76 Å². The lowest BCUT2D eigenvalue weighted by Crippen LogP contribution is -2.30. The van der Waals surface area contributed by atoms with Crippen molar-refractivity contribution in [2.75, 3.05) is 6.54 Å². The molecule has 0 spiro atoms. The molecule has 1 aliphatic heterocycles. The number of amides is 1. The quantitative estimate of drug-likeness (QED) is 0.308. The molecule has 1 aliphatic rings. The molecule has 2 aromatic carbocycles. The van der Waals surface area contributed by atoms with Crippen molar-refractivity contribution in [2.24, 2.45) is 0 Å². The third kappa shape index (κ3) is 4.54. The predicted octanol–water partition coefficient (Wildman–Crippen LogP) is 3.75. The van der Waals surface area contributed by atoms with Gasteiger partial charge in [0.05, 0.1) is 11.6 Å². The zero-order chi connectivity index (χ0) is 20.8. The summed E-state index contributed by atoms with van der Waals surface area (Å²) in [5, 5.41) is 19.6. The molecule has 1 fully saturated rings. The van der Waals surface area contributed by atoms with Gasteiger partial charge >= 0.3 is 5.97 Å². The van der Waals surface area contributed by atoms with E-state index >= 15 is 0 Å². The SMILES string of the molecule is O=C(O)CCCCCN1C(=O)C(=O)C(=C(O)c2ccccc2)[C@H]1c1ccccc1. The monoisotopic (exact) mass is 393 g/mol. The largest absolute Gasteiger partial charge is 0.507 e. The minimum atomic E-state index is -0.849. The summed E-state index contributed by atoms with van der Waals surface area (Å²) in [4.78, 5) is 37.7. The molecule has 29 heavy (non-hydrogen) atoms. The van der Waals surface area contributed by atoms with Crippen LogP contribution in [0.1, 0.15) is 42.9 Å². The van der Waals surface area contributed by atoms with Crippen LogP contribution >= 0.6 is 0 Å². The van der Waals surface area contributed by atoms with Gasteiger partial charge in [-0.25, -0.2) is 0 Å². The second kappa shape index (κ2) is 9.19. The molecule has 6 nitrogen and oxygen atoms in total. The number of carboxylic acids is 1. The molecule has 1 heterocycles. The Labute approximate surface area is 169 Å². The van der Waals surface area contributed by atoms with Gasteiger partial charge in [0.2, 0.25) is 0 Å². The Morgan fingerprint density at radius 1 is 0.862 bits per heavy atom. The van der Waals surface area contributed by atoms with Gasteiger partial charge in [0.1, 0.15) is 5.76 Å². The van der Waals surface area contributed by atoms with Gasteiger partial charge in [-0.3, -0.25) is 14.4 Å². The van der Waals surface area contributed by atoms with Crippen LogP contribution in [0.2, 0.25) is 0 Å². The number of hydrogen-bond donors (Lipinski definition) is 2. The average Bonchev–Trinajstić information content (AvgIpc) is 2.99. The highest BCUT2D eigenvalue weighted by atomic mass is 16.4. The molecule has 3 rings (SSSR count). The Hall–Kier alpha value is -3.41. The first-order chi connectivity index (χ1) is 14.0. The van der Waals surface area contributed by atoms with Crippen molar-refractivity contribution >= 4 is 23.4 Å². The van der Waals surface area contributed by atoms with Crippen LogP contribution in [0, 0.1) is 0 Å². The summed E-state index contributed by atoms with van der Waals surface area (Å²) in [6.45, 7) is 0.315. The van der Waals surface area contributed by atoms with Gasteiger partial charge in [-0.05, 0) is 18.4 Å². The Bertz CT molecular complexity index is 921. The zero-order valence-electron chi connectivity index (χ0n) is 16.0. The van der Waals surface area contributed by atoms with E-state index in [2.05, 4.69) is 0 Å². The summed E-state index contributed by atoms with van der Waals surface area (Å²) in [7, 11) is 0. The average molecular weight is 393 g/mol. The van der Waals surface area contributed by atoms with E-state index in [0.717, 1.165) is 5.56 Å². The molecule has 2 aromatic rings. The molecule has 6 heteroatoms. The van der Waals surface area contributed by atoms with Crippen LogP contribution in [0.3, 0.4) is 0 Å². The summed E-state index contributed by atoms with van der Waals surface area (Å²) in [6.07, 6.45) is 1.80. The number of carbonyl (C=O) groups excluding carboxylic acids is 2. The molecular formula is C23H23NO5. The number of aliphatic carboxylic acids is 1. The Morgan fingerprint density at radius 2 is 1.48 bits per heavy atom. The molecule has 2 N–H and O–H groups in total. The number of carbonyl (C=O) groups is 3. The van der Waals surface area contributed by atoms with Gasteiger partial charge in [0.25, 0.3) is 11.7 Å². The van der Waals surface area contributed by atoms with Crippen LogP contribution in [0.4, 0.5) is 0 Å². The van der Waals surface area contributed by atoms with E-state index in [0.29, 0.717) is 31.4 Å². The first kappa shape index (κ1) is 20.3. The first-order valence-electron chi connectivity index (χ1n) is 9.61. The number of Topliss-reactive ketones (excluding diaryl/α,β-unsaturated/α-hetero) is 1. The summed E-state index contributed by atoms with van der Waals surface area (Å²) >= 11 is 0. The number of aliphatic hydroxyl groups is 1. The number of unbranched alkanes of at least 4 members (excludes halogenated alkanes) is 2.